The molecule has 1 N–H and O–H groups in total. The fourth-order valence-corrected chi connectivity index (χ4v) is 2.99. The molecular weight excluding hydrogens is 243 g/mol. The molecule has 88 valence electrons. The number of anilines is 1. The standard InChI is InChI=1S/C12H16Cl2N2/c1-12(15-2)4-5-16(3)10-7-8(13)6-9(14)11(10)12/h6-7,15H,4-5H2,1-3H3. The van der Waals surface area contributed by atoms with Crippen LogP contribution in [0, 0.1) is 0 Å². The van der Waals surface area contributed by atoms with Crippen molar-refractivity contribution in [3.05, 3.63) is 27.7 Å². The van der Waals surface area contributed by atoms with Gasteiger partial charge in [0, 0.05) is 40.4 Å². The van der Waals surface area contributed by atoms with E-state index in [2.05, 4.69) is 24.2 Å². The summed E-state index contributed by atoms with van der Waals surface area (Å²) < 4.78 is 0. The predicted octanol–water partition coefficient (Wildman–Crippen LogP) is 3.27. The van der Waals surface area contributed by atoms with E-state index in [0.29, 0.717) is 5.02 Å². The van der Waals surface area contributed by atoms with Crippen molar-refractivity contribution in [2.75, 3.05) is 25.5 Å². The highest BCUT2D eigenvalue weighted by Gasteiger charge is 2.34. The van der Waals surface area contributed by atoms with Crippen molar-refractivity contribution in [2.24, 2.45) is 0 Å². The normalized spacial score (nSPS) is 24.4. The molecule has 0 saturated heterocycles. The Kier molecular flexibility index (Phi) is 3.08. The second kappa shape index (κ2) is 4.10. The van der Waals surface area contributed by atoms with E-state index >= 15 is 0 Å². The minimum atomic E-state index is -0.0660. The molecule has 1 aliphatic rings. The van der Waals surface area contributed by atoms with E-state index in [9.17, 15) is 0 Å². The van der Waals surface area contributed by atoms with Gasteiger partial charge in [-0.2, -0.15) is 0 Å². The third-order valence-electron chi connectivity index (χ3n) is 3.50. The van der Waals surface area contributed by atoms with Gasteiger partial charge in [-0.15, -0.1) is 0 Å². The van der Waals surface area contributed by atoms with E-state index in [1.807, 2.05) is 19.2 Å². The molecule has 1 aromatic rings. The lowest BCUT2D eigenvalue weighted by molar-refractivity contribution is 0.359. The summed E-state index contributed by atoms with van der Waals surface area (Å²) in [5.74, 6) is 0. The Bertz CT molecular complexity index is 420. The summed E-state index contributed by atoms with van der Waals surface area (Å²) in [5.41, 5.74) is 2.21. The van der Waals surface area contributed by atoms with Gasteiger partial charge < -0.3 is 10.2 Å². The largest absolute Gasteiger partial charge is 0.374 e. The van der Waals surface area contributed by atoms with Gasteiger partial charge in [0.15, 0.2) is 0 Å². The molecule has 4 heteroatoms. The molecule has 0 bridgehead atoms. The van der Waals surface area contributed by atoms with Crippen molar-refractivity contribution in [3.63, 3.8) is 0 Å². The molecule has 0 saturated carbocycles. The first-order valence-electron chi connectivity index (χ1n) is 5.37. The van der Waals surface area contributed by atoms with Crippen LogP contribution in [0.4, 0.5) is 5.69 Å². The fourth-order valence-electron chi connectivity index (χ4n) is 2.29. The first-order valence-corrected chi connectivity index (χ1v) is 6.13. The third kappa shape index (κ3) is 1.79. The molecule has 1 aromatic carbocycles. The first-order chi connectivity index (χ1) is 7.48. The van der Waals surface area contributed by atoms with Crippen LogP contribution in [0.2, 0.25) is 10.0 Å². The monoisotopic (exact) mass is 258 g/mol. The Morgan fingerprint density at radius 2 is 2.06 bits per heavy atom. The summed E-state index contributed by atoms with van der Waals surface area (Å²) in [6, 6.07) is 3.80. The molecule has 2 nitrogen and oxygen atoms in total. The van der Waals surface area contributed by atoms with Crippen LogP contribution in [0.5, 0.6) is 0 Å². The second-order valence-electron chi connectivity index (χ2n) is 4.54. The lowest BCUT2D eigenvalue weighted by atomic mass is 9.84. The van der Waals surface area contributed by atoms with E-state index in [-0.39, 0.29) is 5.54 Å². The second-order valence-corrected chi connectivity index (χ2v) is 5.38. The molecule has 1 aliphatic heterocycles. The Morgan fingerprint density at radius 3 is 2.69 bits per heavy atom. The van der Waals surface area contributed by atoms with E-state index in [0.717, 1.165) is 29.2 Å². The Morgan fingerprint density at radius 1 is 1.38 bits per heavy atom. The zero-order chi connectivity index (χ0) is 11.9. The highest BCUT2D eigenvalue weighted by Crippen LogP contribution is 2.43. The molecule has 2 rings (SSSR count). The Balaban J connectivity index is 2.66. The van der Waals surface area contributed by atoms with E-state index in [1.54, 1.807) is 0 Å². The number of nitrogens with one attached hydrogen (secondary N) is 1. The first kappa shape index (κ1) is 12.0. The maximum atomic E-state index is 6.32. The van der Waals surface area contributed by atoms with Gasteiger partial charge in [0.05, 0.1) is 0 Å². The summed E-state index contributed by atoms with van der Waals surface area (Å²) >= 11 is 12.4. The number of fused-ring (bicyclic) bond motifs is 1. The molecule has 1 heterocycles. The predicted molar refractivity (Wildman–Crippen MR) is 70.8 cm³/mol. The van der Waals surface area contributed by atoms with Gasteiger partial charge in [-0.3, -0.25) is 0 Å². The van der Waals surface area contributed by atoms with Gasteiger partial charge in [-0.1, -0.05) is 23.2 Å². The van der Waals surface area contributed by atoms with Gasteiger partial charge in [-0.05, 0) is 32.5 Å². The Hall–Kier alpha value is -0.440. The van der Waals surface area contributed by atoms with E-state index in [1.165, 1.54) is 0 Å². The zero-order valence-electron chi connectivity index (χ0n) is 9.77. The summed E-state index contributed by atoms with van der Waals surface area (Å²) in [5, 5.41) is 4.80. The number of benzene rings is 1. The third-order valence-corrected chi connectivity index (χ3v) is 4.01. The number of rotatable bonds is 1. The van der Waals surface area contributed by atoms with Crippen LogP contribution in [0.25, 0.3) is 0 Å². The van der Waals surface area contributed by atoms with Gasteiger partial charge in [-0.25, -0.2) is 0 Å². The Labute approximate surface area is 107 Å². The van der Waals surface area contributed by atoms with Crippen molar-refractivity contribution in [1.82, 2.24) is 5.32 Å². The number of halogens is 2. The minimum absolute atomic E-state index is 0.0660. The maximum Gasteiger partial charge on any atom is 0.0492 e. The maximum absolute atomic E-state index is 6.32. The van der Waals surface area contributed by atoms with Crippen molar-refractivity contribution >= 4 is 28.9 Å². The van der Waals surface area contributed by atoms with Crippen LogP contribution in [-0.4, -0.2) is 20.6 Å². The van der Waals surface area contributed by atoms with Crippen LogP contribution in [-0.2, 0) is 5.54 Å². The van der Waals surface area contributed by atoms with Crippen LogP contribution in [0.15, 0.2) is 12.1 Å². The van der Waals surface area contributed by atoms with Crippen molar-refractivity contribution < 1.29 is 0 Å². The topological polar surface area (TPSA) is 15.3 Å². The van der Waals surface area contributed by atoms with Gasteiger partial charge in [0.2, 0.25) is 0 Å². The number of hydrogen-bond acceptors (Lipinski definition) is 2. The molecule has 0 aromatic heterocycles. The van der Waals surface area contributed by atoms with Crippen molar-refractivity contribution in [1.29, 1.82) is 0 Å². The highest BCUT2D eigenvalue weighted by molar-refractivity contribution is 6.35. The molecule has 16 heavy (non-hydrogen) atoms. The van der Waals surface area contributed by atoms with Gasteiger partial charge in [0.1, 0.15) is 0 Å². The molecule has 0 radical (unpaired) electrons. The quantitative estimate of drug-likeness (QED) is 0.832. The molecule has 1 unspecified atom stereocenters. The molecular formula is C12H16Cl2N2. The van der Waals surface area contributed by atoms with Crippen LogP contribution >= 0.6 is 23.2 Å². The summed E-state index contributed by atoms with van der Waals surface area (Å²) in [6.45, 7) is 3.18. The average molecular weight is 259 g/mol. The van der Waals surface area contributed by atoms with E-state index < -0.39 is 0 Å². The minimum Gasteiger partial charge on any atom is -0.374 e. The molecule has 1 atom stereocenters. The van der Waals surface area contributed by atoms with Crippen LogP contribution in [0.1, 0.15) is 18.9 Å². The smallest absolute Gasteiger partial charge is 0.0492 e. The number of hydrogen-bond donors (Lipinski definition) is 1. The van der Waals surface area contributed by atoms with Gasteiger partial charge >= 0.3 is 0 Å². The molecule has 0 fully saturated rings. The summed E-state index contributed by atoms with van der Waals surface area (Å²) in [6.07, 6.45) is 1.04. The van der Waals surface area contributed by atoms with Crippen molar-refractivity contribution in [2.45, 2.75) is 18.9 Å². The highest BCUT2D eigenvalue weighted by atomic mass is 35.5. The van der Waals surface area contributed by atoms with Crippen LogP contribution in [0.3, 0.4) is 0 Å². The average Bonchev–Trinajstić information content (AvgIpc) is 2.23. The number of nitrogens with zero attached hydrogens (tertiary/aromatic N) is 1. The molecule has 0 amide bonds. The summed E-state index contributed by atoms with van der Waals surface area (Å²) in [4.78, 5) is 2.20. The fraction of sp³-hybridized carbons (Fsp3) is 0.500. The SMILES string of the molecule is CNC1(C)CCN(C)c2cc(Cl)cc(Cl)c21. The van der Waals surface area contributed by atoms with Gasteiger partial charge in [0.25, 0.3) is 0 Å². The molecule has 0 aliphatic carbocycles. The van der Waals surface area contributed by atoms with Crippen LogP contribution < -0.4 is 10.2 Å². The van der Waals surface area contributed by atoms with E-state index in [4.69, 9.17) is 23.2 Å². The van der Waals surface area contributed by atoms with Crippen molar-refractivity contribution in [3.8, 4) is 0 Å². The lowest BCUT2D eigenvalue weighted by Gasteiger charge is -2.41. The zero-order valence-corrected chi connectivity index (χ0v) is 11.3. The lowest BCUT2D eigenvalue weighted by Crippen LogP contribution is -2.45. The molecule has 0 spiro atoms. The summed E-state index contributed by atoms with van der Waals surface area (Å²) in [7, 11) is 4.04.